The van der Waals surface area contributed by atoms with Crippen LogP contribution in [0.1, 0.15) is 6.92 Å². The molecule has 246 valence electrons. The Kier molecular flexibility index (Phi) is 9.80. The molecule has 0 unspecified atom stereocenters. The molecule has 0 aromatic rings. The van der Waals surface area contributed by atoms with Gasteiger partial charge in [0.2, 0.25) is 0 Å². The molecule has 0 aliphatic heterocycles. The summed E-state index contributed by atoms with van der Waals surface area (Å²) in [6.07, 6.45) is -8.07. The van der Waals surface area contributed by atoms with Crippen molar-refractivity contribution in [2.45, 2.75) is 65.7 Å². The minimum atomic E-state index is -9.38. The van der Waals surface area contributed by atoms with E-state index in [0.717, 1.165) is 0 Å². The summed E-state index contributed by atoms with van der Waals surface area (Å²) in [7, 11) is -7.63. The van der Waals surface area contributed by atoms with Crippen LogP contribution < -0.4 is 0 Å². The molecule has 0 aliphatic carbocycles. The number of hydrogen-bond acceptors (Lipinski definition) is 3. The molecule has 1 N–H and O–H groups in total. The van der Waals surface area contributed by atoms with Crippen LogP contribution in [0.25, 0.3) is 0 Å². The normalized spacial score (nSPS) is 16.5. The molecule has 0 aliphatic rings. The van der Waals surface area contributed by atoms with Crippen LogP contribution in [0.15, 0.2) is 12.3 Å². The highest BCUT2D eigenvalue weighted by Crippen LogP contribution is 2.66. The first-order valence-electron chi connectivity index (χ1n) is 9.24. The van der Waals surface area contributed by atoms with Crippen LogP contribution in [0.3, 0.4) is 0 Å². The van der Waals surface area contributed by atoms with E-state index >= 15 is 0 Å². The van der Waals surface area contributed by atoms with E-state index in [-0.39, 0.29) is 6.20 Å². The maximum absolute atomic E-state index is 14.1. The third-order valence-electron chi connectivity index (χ3n) is 4.75. The van der Waals surface area contributed by atoms with Crippen molar-refractivity contribution in [1.82, 2.24) is 4.31 Å². The Labute approximate surface area is 212 Å². The third-order valence-corrected chi connectivity index (χ3v) is 6.58. The van der Waals surface area contributed by atoms with Crippen LogP contribution in [0.4, 0.5) is 92.2 Å². The van der Waals surface area contributed by atoms with Crippen LogP contribution in [-0.2, 0) is 10.0 Å². The molecular formula is C15H10F21NO3S. The van der Waals surface area contributed by atoms with Crippen molar-refractivity contribution in [3.8, 4) is 0 Å². The first-order valence-corrected chi connectivity index (χ1v) is 10.7. The Hall–Kier alpha value is -2.02. The van der Waals surface area contributed by atoms with Gasteiger partial charge in [-0.15, -0.1) is 0 Å². The zero-order valence-corrected chi connectivity index (χ0v) is 19.4. The molecule has 0 atom stereocenters. The summed E-state index contributed by atoms with van der Waals surface area (Å²) >= 11 is 0. The highest BCUT2D eigenvalue weighted by atomic mass is 32.2. The Balaban J connectivity index is 7.35. The lowest BCUT2D eigenvalue weighted by molar-refractivity contribution is -0.472. The van der Waals surface area contributed by atoms with Crippen LogP contribution in [0.2, 0.25) is 0 Å². The van der Waals surface area contributed by atoms with Crippen LogP contribution in [0, 0.1) is 0 Å². The summed E-state index contributed by atoms with van der Waals surface area (Å²) in [5.41, 5.74) is 0. The summed E-state index contributed by atoms with van der Waals surface area (Å²) in [6, 6.07) is 0. The molecule has 0 radical (unpaired) electrons. The SMILES string of the molecule is C/C=C/N(CCO)S(=O)(=O)C(F)(F)C(F)(F)C(F)(F)C(F)(F)C(F)(F)C(F)(F)C(F)(F)C(F)(F)C(F)(F)C(F)(F)F. The topological polar surface area (TPSA) is 57.6 Å². The second kappa shape index (κ2) is 10.3. The molecule has 0 bridgehead atoms. The molecule has 26 heteroatoms. The molecule has 0 saturated carbocycles. The predicted octanol–water partition coefficient (Wildman–Crippen LogP) is 6.38. The minimum absolute atomic E-state index is 0.280. The van der Waals surface area contributed by atoms with Crippen LogP contribution in [-0.4, -0.2) is 89.8 Å². The molecule has 0 aromatic heterocycles. The monoisotopic (exact) mass is 683 g/mol. The van der Waals surface area contributed by atoms with Gasteiger partial charge in [-0.2, -0.15) is 101 Å². The van der Waals surface area contributed by atoms with Gasteiger partial charge in [-0.3, -0.25) is 4.31 Å². The van der Waals surface area contributed by atoms with E-state index in [4.69, 9.17) is 5.11 Å². The molecule has 41 heavy (non-hydrogen) atoms. The molecule has 0 heterocycles. The number of nitrogens with zero attached hydrogens (tertiary/aromatic N) is 1. The Morgan fingerprint density at radius 2 is 0.805 bits per heavy atom. The molecule has 0 saturated heterocycles. The largest absolute Gasteiger partial charge is 0.460 e. The maximum Gasteiger partial charge on any atom is 0.460 e. The molecule has 0 amide bonds. The summed E-state index contributed by atoms with van der Waals surface area (Å²) in [4.78, 5) is 0. The molecule has 0 fully saturated rings. The lowest BCUT2D eigenvalue weighted by atomic mass is 9.87. The number of alkyl halides is 21. The predicted molar refractivity (Wildman–Crippen MR) is 88.1 cm³/mol. The second-order valence-corrected chi connectivity index (χ2v) is 9.36. The Morgan fingerprint density at radius 1 is 0.537 bits per heavy atom. The lowest BCUT2D eigenvalue weighted by Crippen LogP contribution is -2.77. The van der Waals surface area contributed by atoms with E-state index in [1.807, 2.05) is 0 Å². The van der Waals surface area contributed by atoms with Crippen molar-refractivity contribution >= 4 is 10.0 Å². The third kappa shape index (κ3) is 4.92. The van der Waals surface area contributed by atoms with Crippen molar-refractivity contribution in [2.24, 2.45) is 0 Å². The van der Waals surface area contributed by atoms with E-state index in [0.29, 0.717) is 13.0 Å². The minimum Gasteiger partial charge on any atom is -0.394 e. The molecular weight excluding hydrogens is 673 g/mol. The van der Waals surface area contributed by atoms with Crippen molar-refractivity contribution in [2.75, 3.05) is 13.2 Å². The number of halogens is 21. The van der Waals surface area contributed by atoms with Gasteiger partial charge < -0.3 is 5.11 Å². The van der Waals surface area contributed by atoms with Gasteiger partial charge >= 0.3 is 68.8 Å². The number of allylic oxidation sites excluding steroid dienone is 1. The highest BCUT2D eigenvalue weighted by Gasteiger charge is 2.98. The maximum atomic E-state index is 14.1. The molecule has 0 rings (SSSR count). The number of aliphatic hydroxyl groups is 1. The fraction of sp³-hybridized carbons (Fsp3) is 0.867. The number of aliphatic hydroxyl groups excluding tert-OH is 1. The van der Waals surface area contributed by atoms with E-state index in [2.05, 4.69) is 0 Å². The van der Waals surface area contributed by atoms with Gasteiger partial charge in [0.05, 0.1) is 13.2 Å². The second-order valence-electron chi connectivity index (χ2n) is 7.43. The average Bonchev–Trinajstić information content (AvgIpc) is 2.76. The first-order chi connectivity index (χ1) is 17.5. The van der Waals surface area contributed by atoms with Crippen molar-refractivity contribution in [3.63, 3.8) is 0 Å². The summed E-state index contributed by atoms with van der Waals surface area (Å²) < 4.78 is 303. The summed E-state index contributed by atoms with van der Waals surface area (Å²) in [5, 5.41) is 0.679. The van der Waals surface area contributed by atoms with E-state index in [9.17, 15) is 101 Å². The van der Waals surface area contributed by atoms with E-state index in [1.165, 1.54) is 0 Å². The number of hydrogen-bond donors (Lipinski definition) is 1. The Morgan fingerprint density at radius 3 is 1.05 bits per heavy atom. The Bertz CT molecular complexity index is 1080. The number of rotatable bonds is 13. The zero-order chi connectivity index (χ0) is 33.9. The van der Waals surface area contributed by atoms with Crippen LogP contribution >= 0.6 is 0 Å². The van der Waals surface area contributed by atoms with E-state index < -0.39 is 86.3 Å². The lowest BCUT2D eigenvalue weighted by Gasteiger charge is -2.44. The van der Waals surface area contributed by atoms with Gasteiger partial charge in [0, 0.05) is 6.20 Å². The highest BCUT2D eigenvalue weighted by molar-refractivity contribution is 7.90. The molecule has 4 nitrogen and oxygen atoms in total. The van der Waals surface area contributed by atoms with E-state index in [1.54, 1.807) is 0 Å². The summed E-state index contributed by atoms with van der Waals surface area (Å²) in [5.74, 6) is -72.5. The zero-order valence-electron chi connectivity index (χ0n) is 18.6. The van der Waals surface area contributed by atoms with Gasteiger partial charge in [-0.05, 0) is 6.92 Å². The molecule has 0 spiro atoms. The van der Waals surface area contributed by atoms with Gasteiger partial charge in [0.1, 0.15) is 0 Å². The van der Waals surface area contributed by atoms with Crippen molar-refractivity contribution in [3.05, 3.63) is 12.3 Å². The molecule has 0 aromatic carbocycles. The van der Waals surface area contributed by atoms with Gasteiger partial charge in [0.25, 0.3) is 0 Å². The number of sulfonamides is 1. The quantitative estimate of drug-likeness (QED) is 0.230. The fourth-order valence-electron chi connectivity index (χ4n) is 2.39. The average molecular weight is 683 g/mol. The standard InChI is InChI=1S/C15H10F21NO3S/c1-2-3-37(4-5-38)41(39,40)15(35,36)13(30,31)11(26,27)9(22,23)7(18,19)6(16,17)8(20,21)10(24,25)12(28,29)14(32,33)34/h2-3,38H,4-5H2,1H3/b3-2+. The fourth-order valence-corrected chi connectivity index (χ4v) is 3.74. The van der Waals surface area contributed by atoms with Gasteiger partial charge in [-0.25, -0.2) is 0 Å². The smallest absolute Gasteiger partial charge is 0.394 e. The first kappa shape index (κ1) is 39.0. The van der Waals surface area contributed by atoms with Gasteiger partial charge in [0.15, 0.2) is 0 Å². The van der Waals surface area contributed by atoms with Crippen LogP contribution in [0.5, 0.6) is 0 Å². The van der Waals surface area contributed by atoms with Crippen molar-refractivity contribution in [1.29, 1.82) is 0 Å². The summed E-state index contributed by atoms with van der Waals surface area (Å²) in [6.45, 7) is -2.81. The van der Waals surface area contributed by atoms with Crippen molar-refractivity contribution < 1.29 is 106 Å². The van der Waals surface area contributed by atoms with Gasteiger partial charge in [-0.1, -0.05) is 6.08 Å².